The molecule has 27 heavy (non-hydrogen) atoms. The van der Waals surface area contributed by atoms with E-state index in [1.807, 2.05) is 24.3 Å². The van der Waals surface area contributed by atoms with Crippen molar-refractivity contribution >= 4 is 18.3 Å². The van der Waals surface area contributed by atoms with Gasteiger partial charge in [-0.3, -0.25) is 9.79 Å². The van der Waals surface area contributed by atoms with Gasteiger partial charge in [-0.05, 0) is 43.5 Å². The van der Waals surface area contributed by atoms with Gasteiger partial charge in [0.2, 0.25) is 0 Å². The Kier molecular flexibility index (Phi) is 11.7. The highest BCUT2D eigenvalue weighted by Gasteiger charge is 2.23. The van der Waals surface area contributed by atoms with Crippen molar-refractivity contribution in [2.75, 3.05) is 13.1 Å². The van der Waals surface area contributed by atoms with Crippen molar-refractivity contribution in [3.05, 3.63) is 29.8 Å². The van der Waals surface area contributed by atoms with Crippen molar-refractivity contribution in [2.45, 2.75) is 79.1 Å². The van der Waals surface area contributed by atoms with Gasteiger partial charge in [0.15, 0.2) is 0 Å². The average molecular weight is 373 g/mol. The average Bonchev–Trinajstić information content (AvgIpc) is 2.72. The Bertz CT molecular complexity index is 537. The van der Waals surface area contributed by atoms with E-state index < -0.39 is 0 Å². The zero-order valence-electron chi connectivity index (χ0n) is 18.0. The van der Waals surface area contributed by atoms with Crippen LogP contribution in [0.25, 0.3) is 0 Å². The Morgan fingerprint density at radius 2 is 1.48 bits per heavy atom. The third-order valence-corrected chi connectivity index (χ3v) is 5.64. The van der Waals surface area contributed by atoms with E-state index >= 15 is 0 Å². The van der Waals surface area contributed by atoms with Gasteiger partial charge in [0.05, 0.1) is 11.3 Å². The maximum absolute atomic E-state index is 13.4. The predicted octanol–water partition coefficient (Wildman–Crippen LogP) is 6.89. The molecule has 1 amide bonds. The minimum absolute atomic E-state index is 0.114. The van der Waals surface area contributed by atoms with Crippen LogP contribution >= 0.6 is 0 Å². The number of rotatable bonds is 14. The number of hydrogen-bond acceptors (Lipinski definition) is 2. The van der Waals surface area contributed by atoms with E-state index in [1.165, 1.54) is 38.5 Å². The van der Waals surface area contributed by atoms with Crippen LogP contribution in [0.2, 0.25) is 0 Å². The molecule has 0 aliphatic heterocycles. The van der Waals surface area contributed by atoms with Gasteiger partial charge in [-0.15, -0.1) is 0 Å². The van der Waals surface area contributed by atoms with Crippen LogP contribution in [0.3, 0.4) is 0 Å². The Hall–Kier alpha value is -1.64. The highest BCUT2D eigenvalue weighted by Crippen LogP contribution is 2.24. The van der Waals surface area contributed by atoms with E-state index in [9.17, 15) is 4.79 Å². The first-order valence-electron chi connectivity index (χ1n) is 11.0. The van der Waals surface area contributed by atoms with Gasteiger partial charge in [0, 0.05) is 13.1 Å². The summed E-state index contributed by atoms with van der Waals surface area (Å²) < 4.78 is 0. The summed E-state index contributed by atoms with van der Waals surface area (Å²) in [7, 11) is 0. The first kappa shape index (κ1) is 23.4. The van der Waals surface area contributed by atoms with Crippen LogP contribution in [-0.2, 0) is 0 Å². The monoisotopic (exact) mass is 372 g/mol. The highest BCUT2D eigenvalue weighted by molar-refractivity contribution is 5.99. The third-order valence-electron chi connectivity index (χ3n) is 5.64. The normalized spacial score (nSPS) is 13.2. The van der Waals surface area contributed by atoms with Gasteiger partial charge < -0.3 is 4.90 Å². The fourth-order valence-corrected chi connectivity index (χ4v) is 3.66. The SMILES string of the molecule is C=Nc1ccccc1C(=O)N(CC(CC)CCCC)CC(CC)CCCC. The number of amides is 1. The van der Waals surface area contributed by atoms with Crippen molar-refractivity contribution in [3.8, 4) is 0 Å². The molecule has 0 heterocycles. The fraction of sp³-hybridized carbons (Fsp3) is 0.667. The van der Waals surface area contributed by atoms with Gasteiger partial charge >= 0.3 is 0 Å². The first-order chi connectivity index (χ1) is 13.1. The van der Waals surface area contributed by atoms with E-state index in [1.54, 1.807) is 0 Å². The molecule has 0 N–H and O–H groups in total. The molecule has 0 saturated heterocycles. The van der Waals surface area contributed by atoms with Crippen molar-refractivity contribution in [3.63, 3.8) is 0 Å². The smallest absolute Gasteiger partial charge is 0.256 e. The molecule has 152 valence electrons. The number of benzene rings is 1. The quantitative estimate of drug-likeness (QED) is 0.327. The minimum Gasteiger partial charge on any atom is -0.338 e. The topological polar surface area (TPSA) is 32.7 Å². The van der Waals surface area contributed by atoms with Crippen molar-refractivity contribution in [1.29, 1.82) is 0 Å². The summed E-state index contributed by atoms with van der Waals surface area (Å²) in [6.07, 6.45) is 9.53. The summed E-state index contributed by atoms with van der Waals surface area (Å²) in [5.74, 6) is 1.26. The second-order valence-electron chi connectivity index (χ2n) is 7.72. The van der Waals surface area contributed by atoms with E-state index in [4.69, 9.17) is 0 Å². The molecule has 0 radical (unpaired) electrons. The Labute approximate surface area is 167 Å². The maximum Gasteiger partial charge on any atom is 0.256 e. The number of nitrogens with zero attached hydrogens (tertiary/aromatic N) is 2. The summed E-state index contributed by atoms with van der Waals surface area (Å²) in [6, 6.07) is 7.60. The number of unbranched alkanes of at least 4 members (excludes halogenated alkanes) is 2. The molecule has 0 spiro atoms. The summed E-state index contributed by atoms with van der Waals surface area (Å²) in [5.41, 5.74) is 1.37. The van der Waals surface area contributed by atoms with Crippen LogP contribution in [0.1, 0.15) is 89.4 Å². The first-order valence-corrected chi connectivity index (χ1v) is 11.0. The van der Waals surface area contributed by atoms with Gasteiger partial charge in [0.1, 0.15) is 0 Å². The lowest BCUT2D eigenvalue weighted by atomic mass is 9.95. The van der Waals surface area contributed by atoms with E-state index in [2.05, 4.69) is 44.3 Å². The molecular weight excluding hydrogens is 332 g/mol. The van der Waals surface area contributed by atoms with Crippen molar-refractivity contribution in [1.82, 2.24) is 4.90 Å². The zero-order valence-corrected chi connectivity index (χ0v) is 18.0. The van der Waals surface area contributed by atoms with Crippen molar-refractivity contribution in [2.24, 2.45) is 16.8 Å². The Balaban J connectivity index is 3.03. The Morgan fingerprint density at radius 3 is 1.93 bits per heavy atom. The predicted molar refractivity (Wildman–Crippen MR) is 118 cm³/mol. The molecule has 3 nitrogen and oxygen atoms in total. The zero-order chi connectivity index (χ0) is 20.1. The molecule has 3 heteroatoms. The fourth-order valence-electron chi connectivity index (χ4n) is 3.66. The maximum atomic E-state index is 13.4. The number of carbonyl (C=O) groups excluding carboxylic acids is 1. The Morgan fingerprint density at radius 1 is 0.963 bits per heavy atom. The van der Waals surface area contributed by atoms with Crippen molar-refractivity contribution < 1.29 is 4.79 Å². The lowest BCUT2D eigenvalue weighted by molar-refractivity contribution is 0.0686. The number of para-hydroxylation sites is 1. The summed E-state index contributed by atoms with van der Waals surface area (Å²) in [4.78, 5) is 19.6. The summed E-state index contributed by atoms with van der Waals surface area (Å²) in [5, 5.41) is 0. The van der Waals surface area contributed by atoms with Crippen LogP contribution in [-0.4, -0.2) is 30.6 Å². The number of hydrogen-bond donors (Lipinski definition) is 0. The molecule has 0 aromatic heterocycles. The molecule has 0 bridgehead atoms. The van der Waals surface area contributed by atoms with E-state index in [0.29, 0.717) is 23.1 Å². The molecule has 0 fully saturated rings. The largest absolute Gasteiger partial charge is 0.338 e. The van der Waals surface area contributed by atoms with E-state index in [-0.39, 0.29) is 5.91 Å². The minimum atomic E-state index is 0.114. The third kappa shape index (κ3) is 7.86. The van der Waals surface area contributed by atoms with Gasteiger partial charge in [-0.1, -0.05) is 78.4 Å². The molecule has 0 aliphatic carbocycles. The molecule has 1 rings (SSSR count). The second-order valence-corrected chi connectivity index (χ2v) is 7.72. The van der Waals surface area contributed by atoms with Crippen LogP contribution < -0.4 is 0 Å². The summed E-state index contributed by atoms with van der Waals surface area (Å²) in [6.45, 7) is 14.3. The second kappa shape index (κ2) is 13.5. The van der Waals surface area contributed by atoms with Crippen LogP contribution in [0.4, 0.5) is 5.69 Å². The lowest BCUT2D eigenvalue weighted by Crippen LogP contribution is -2.39. The number of carbonyl (C=O) groups is 1. The molecule has 2 atom stereocenters. The molecule has 2 unspecified atom stereocenters. The molecule has 0 saturated carbocycles. The van der Waals surface area contributed by atoms with Gasteiger partial charge in [-0.2, -0.15) is 0 Å². The number of aliphatic imine (C=N–C) groups is 1. The van der Waals surface area contributed by atoms with E-state index in [0.717, 1.165) is 25.9 Å². The molecular formula is C24H40N2O. The highest BCUT2D eigenvalue weighted by atomic mass is 16.2. The van der Waals surface area contributed by atoms with Crippen LogP contribution in [0, 0.1) is 11.8 Å². The molecule has 1 aromatic rings. The molecule has 0 aliphatic rings. The van der Waals surface area contributed by atoms with Gasteiger partial charge in [-0.25, -0.2) is 0 Å². The standard InChI is InChI=1S/C24H40N2O/c1-6-10-14-20(8-3)18-26(19-21(9-4)15-11-7-2)24(27)22-16-12-13-17-23(22)25-5/h12-13,16-17,20-21H,5-11,14-15,18-19H2,1-4H3. The lowest BCUT2D eigenvalue weighted by Gasteiger charge is -2.31. The van der Waals surface area contributed by atoms with Gasteiger partial charge in [0.25, 0.3) is 5.91 Å². The molecule has 1 aromatic carbocycles. The van der Waals surface area contributed by atoms with Crippen LogP contribution in [0.15, 0.2) is 29.3 Å². The summed E-state index contributed by atoms with van der Waals surface area (Å²) >= 11 is 0. The van der Waals surface area contributed by atoms with Crippen LogP contribution in [0.5, 0.6) is 0 Å².